The second-order valence-electron chi connectivity index (χ2n) is 5.35. The molecular weight excluding hydrogens is 320 g/mol. The lowest BCUT2D eigenvalue weighted by Gasteiger charge is -2.23. The molecule has 0 aromatic heterocycles. The Balaban J connectivity index is 1.82. The number of benzene rings is 1. The van der Waals surface area contributed by atoms with Crippen molar-refractivity contribution in [2.45, 2.75) is 49.2 Å². The topological polar surface area (TPSA) is 58.2 Å². The van der Waals surface area contributed by atoms with Crippen molar-refractivity contribution in [2.75, 3.05) is 11.9 Å². The van der Waals surface area contributed by atoms with Crippen LogP contribution in [0.5, 0.6) is 0 Å². The Morgan fingerprint density at radius 2 is 2.18 bits per heavy atom. The zero-order valence-corrected chi connectivity index (χ0v) is 14.2. The van der Waals surface area contributed by atoms with Crippen LogP contribution in [0.25, 0.3) is 0 Å². The minimum Gasteiger partial charge on any atom is -0.356 e. The molecule has 2 amide bonds. The molecule has 0 saturated carbocycles. The Bertz CT molecular complexity index is 551. The summed E-state index contributed by atoms with van der Waals surface area (Å²) in [5.74, 6) is -0.206. The molecule has 0 bridgehead atoms. The summed E-state index contributed by atoms with van der Waals surface area (Å²) < 4.78 is 0. The molecule has 1 aromatic rings. The number of carbonyl (C=O) groups excluding carboxylic acids is 2. The van der Waals surface area contributed by atoms with Crippen molar-refractivity contribution in [1.82, 2.24) is 5.32 Å². The summed E-state index contributed by atoms with van der Waals surface area (Å²) in [4.78, 5) is 24.9. The van der Waals surface area contributed by atoms with Gasteiger partial charge in [0.05, 0.1) is 10.9 Å². The average Bonchev–Trinajstić information content (AvgIpc) is 2.48. The molecule has 0 radical (unpaired) electrons. The summed E-state index contributed by atoms with van der Waals surface area (Å²) in [6, 6.07) is 5.39. The predicted molar refractivity (Wildman–Crippen MR) is 91.5 cm³/mol. The number of halogens is 1. The van der Waals surface area contributed by atoms with E-state index in [0.717, 1.165) is 23.4 Å². The van der Waals surface area contributed by atoms with Gasteiger partial charge in [-0.3, -0.25) is 9.59 Å². The van der Waals surface area contributed by atoms with Gasteiger partial charge in [0.25, 0.3) is 0 Å². The number of anilines is 1. The molecule has 2 N–H and O–H groups in total. The van der Waals surface area contributed by atoms with Gasteiger partial charge in [0.2, 0.25) is 11.8 Å². The largest absolute Gasteiger partial charge is 0.356 e. The highest BCUT2D eigenvalue weighted by Crippen LogP contribution is 2.38. The smallest absolute Gasteiger partial charge is 0.238 e. The van der Waals surface area contributed by atoms with Gasteiger partial charge in [0.15, 0.2) is 0 Å². The molecule has 1 unspecified atom stereocenters. The summed E-state index contributed by atoms with van der Waals surface area (Å²) in [6.07, 6.45) is 4.69. The zero-order chi connectivity index (χ0) is 15.9. The van der Waals surface area contributed by atoms with Crippen molar-refractivity contribution in [3.63, 3.8) is 0 Å². The third kappa shape index (κ3) is 4.92. The Morgan fingerprint density at radius 3 is 2.95 bits per heavy atom. The van der Waals surface area contributed by atoms with Crippen LogP contribution in [0.1, 0.15) is 39.0 Å². The molecule has 0 aliphatic carbocycles. The molecule has 0 fully saturated rings. The van der Waals surface area contributed by atoms with Crippen LogP contribution >= 0.6 is 23.4 Å². The number of nitrogens with one attached hydrogen (secondary N) is 2. The molecule has 0 spiro atoms. The number of rotatable bonds is 7. The van der Waals surface area contributed by atoms with E-state index >= 15 is 0 Å². The van der Waals surface area contributed by atoms with Crippen LogP contribution in [0.15, 0.2) is 23.1 Å². The van der Waals surface area contributed by atoms with Crippen molar-refractivity contribution in [2.24, 2.45) is 0 Å². The van der Waals surface area contributed by atoms with Gasteiger partial charge < -0.3 is 10.6 Å². The number of carbonyl (C=O) groups is 2. The maximum Gasteiger partial charge on any atom is 0.238 e. The van der Waals surface area contributed by atoms with Crippen LogP contribution in [0.2, 0.25) is 5.02 Å². The normalized spacial score (nSPS) is 16.8. The third-order valence-electron chi connectivity index (χ3n) is 3.48. The zero-order valence-electron chi connectivity index (χ0n) is 12.7. The van der Waals surface area contributed by atoms with Crippen molar-refractivity contribution in [3.8, 4) is 0 Å². The summed E-state index contributed by atoms with van der Waals surface area (Å²) in [6.45, 7) is 2.84. The Morgan fingerprint density at radius 1 is 1.36 bits per heavy atom. The molecule has 1 atom stereocenters. The van der Waals surface area contributed by atoms with Gasteiger partial charge in [0.1, 0.15) is 0 Å². The van der Waals surface area contributed by atoms with E-state index in [1.165, 1.54) is 24.6 Å². The van der Waals surface area contributed by atoms with Crippen LogP contribution in [0, 0.1) is 0 Å². The number of unbranched alkanes of at least 4 members (excludes halogenated alkanes) is 3. The highest BCUT2D eigenvalue weighted by atomic mass is 35.5. The standard InChI is InChI=1S/C16H21ClN2O2S/c1-2-3-4-5-8-18-15(20)10-14-16(21)19-12-9-11(17)6-7-13(12)22-14/h6-7,9,14H,2-5,8,10H2,1H3,(H,18,20)(H,19,21). The van der Waals surface area contributed by atoms with Crippen LogP contribution in [0.4, 0.5) is 5.69 Å². The second kappa shape index (κ2) is 8.44. The maximum absolute atomic E-state index is 12.1. The van der Waals surface area contributed by atoms with E-state index in [2.05, 4.69) is 17.6 Å². The van der Waals surface area contributed by atoms with Gasteiger partial charge in [0, 0.05) is 22.9 Å². The lowest BCUT2D eigenvalue weighted by molar-refractivity contribution is -0.124. The number of fused-ring (bicyclic) bond motifs is 1. The van der Waals surface area contributed by atoms with E-state index in [9.17, 15) is 9.59 Å². The fourth-order valence-electron chi connectivity index (χ4n) is 2.28. The van der Waals surface area contributed by atoms with E-state index in [4.69, 9.17) is 11.6 Å². The quantitative estimate of drug-likeness (QED) is 0.741. The first-order valence-electron chi connectivity index (χ1n) is 7.64. The molecule has 0 saturated heterocycles. The van der Waals surface area contributed by atoms with Gasteiger partial charge in [-0.1, -0.05) is 37.8 Å². The third-order valence-corrected chi connectivity index (χ3v) is 4.99. The molecule has 22 heavy (non-hydrogen) atoms. The molecule has 1 aliphatic rings. The van der Waals surface area contributed by atoms with E-state index in [0.29, 0.717) is 11.6 Å². The lowest BCUT2D eigenvalue weighted by atomic mass is 10.2. The Kier molecular flexibility index (Phi) is 6.58. The fraction of sp³-hybridized carbons (Fsp3) is 0.500. The highest BCUT2D eigenvalue weighted by molar-refractivity contribution is 8.01. The summed E-state index contributed by atoms with van der Waals surface area (Å²) >= 11 is 7.33. The molecule has 2 rings (SSSR count). The molecule has 1 aliphatic heterocycles. The first kappa shape index (κ1) is 17.2. The van der Waals surface area contributed by atoms with Gasteiger partial charge in [-0.25, -0.2) is 0 Å². The molecule has 1 heterocycles. The second-order valence-corrected chi connectivity index (χ2v) is 7.03. The van der Waals surface area contributed by atoms with Crippen LogP contribution in [-0.2, 0) is 9.59 Å². The highest BCUT2D eigenvalue weighted by Gasteiger charge is 2.28. The van der Waals surface area contributed by atoms with Crippen molar-refractivity contribution in [3.05, 3.63) is 23.2 Å². The van der Waals surface area contributed by atoms with Gasteiger partial charge in [-0.05, 0) is 24.6 Å². The fourth-order valence-corrected chi connectivity index (χ4v) is 3.54. The molecule has 1 aromatic carbocycles. The number of thioether (sulfide) groups is 1. The van der Waals surface area contributed by atoms with E-state index < -0.39 is 0 Å². The number of hydrogen-bond donors (Lipinski definition) is 2. The molecular formula is C16H21ClN2O2S. The Labute approximate surface area is 140 Å². The minimum atomic E-state index is -0.385. The molecule has 4 nitrogen and oxygen atoms in total. The maximum atomic E-state index is 12.1. The van der Waals surface area contributed by atoms with Crippen LogP contribution < -0.4 is 10.6 Å². The van der Waals surface area contributed by atoms with Crippen molar-refractivity contribution >= 4 is 40.9 Å². The summed E-state index contributed by atoms with van der Waals surface area (Å²) in [7, 11) is 0. The monoisotopic (exact) mass is 340 g/mol. The lowest BCUT2D eigenvalue weighted by Crippen LogP contribution is -2.35. The molecule has 6 heteroatoms. The molecule has 120 valence electrons. The summed E-state index contributed by atoms with van der Waals surface area (Å²) in [5, 5.41) is 5.91. The van der Waals surface area contributed by atoms with Gasteiger partial charge >= 0.3 is 0 Å². The van der Waals surface area contributed by atoms with Crippen molar-refractivity contribution in [1.29, 1.82) is 0 Å². The average molecular weight is 341 g/mol. The van der Waals surface area contributed by atoms with Crippen LogP contribution in [-0.4, -0.2) is 23.6 Å². The van der Waals surface area contributed by atoms with Gasteiger partial charge in [-0.15, -0.1) is 11.8 Å². The minimum absolute atomic E-state index is 0.0680. The van der Waals surface area contributed by atoms with E-state index in [1.807, 2.05) is 6.07 Å². The number of amides is 2. The Hall–Kier alpha value is -1.20. The first-order chi connectivity index (χ1) is 10.6. The summed E-state index contributed by atoms with van der Waals surface area (Å²) in [5.41, 5.74) is 0.721. The predicted octanol–water partition coefficient (Wildman–Crippen LogP) is 3.84. The van der Waals surface area contributed by atoms with Gasteiger partial charge in [-0.2, -0.15) is 0 Å². The van der Waals surface area contributed by atoms with E-state index in [-0.39, 0.29) is 23.5 Å². The number of hydrogen-bond acceptors (Lipinski definition) is 3. The van der Waals surface area contributed by atoms with Crippen LogP contribution in [0.3, 0.4) is 0 Å². The first-order valence-corrected chi connectivity index (χ1v) is 8.89. The van der Waals surface area contributed by atoms with E-state index in [1.54, 1.807) is 12.1 Å². The SMILES string of the molecule is CCCCCCNC(=O)CC1Sc2ccc(Cl)cc2NC1=O. The van der Waals surface area contributed by atoms with Crippen molar-refractivity contribution < 1.29 is 9.59 Å².